The highest BCUT2D eigenvalue weighted by atomic mass is 16.2. The number of carbonyl (C=O) groups is 1. The number of amides is 1. The number of hydrogen-bond acceptors (Lipinski definition) is 2. The van der Waals surface area contributed by atoms with E-state index in [1.165, 1.54) is 4.57 Å². The lowest BCUT2D eigenvalue weighted by Crippen LogP contribution is -2.35. The average molecular weight is 247 g/mol. The highest BCUT2D eigenvalue weighted by Crippen LogP contribution is 2.09. The summed E-state index contributed by atoms with van der Waals surface area (Å²) in [7, 11) is 0. The Labute approximate surface area is 105 Å². The Morgan fingerprint density at radius 1 is 1.28 bits per heavy atom. The number of carbonyl (C=O) groups excluding carboxylic acids is 1. The first-order valence-corrected chi connectivity index (χ1v) is 6.12. The minimum atomic E-state index is -0.239. The summed E-state index contributed by atoms with van der Waals surface area (Å²) < 4.78 is 1.48. The molecule has 0 saturated carbocycles. The van der Waals surface area contributed by atoms with Crippen LogP contribution in [0.25, 0.3) is 11.0 Å². The van der Waals surface area contributed by atoms with Crippen LogP contribution in [0.5, 0.6) is 0 Å². The molecule has 0 saturated heterocycles. The lowest BCUT2D eigenvalue weighted by atomic mass is 10.3. The highest BCUT2D eigenvalue weighted by Gasteiger charge is 2.13. The molecule has 5 nitrogen and oxygen atoms in total. The molecule has 0 fully saturated rings. The average Bonchev–Trinajstić information content (AvgIpc) is 2.68. The van der Waals surface area contributed by atoms with Crippen molar-refractivity contribution < 1.29 is 4.79 Å². The highest BCUT2D eigenvalue weighted by molar-refractivity contribution is 5.80. The van der Waals surface area contributed by atoms with Crippen molar-refractivity contribution in [2.45, 2.75) is 20.4 Å². The van der Waals surface area contributed by atoms with Gasteiger partial charge in [-0.05, 0) is 26.0 Å². The molecule has 0 aliphatic carbocycles. The van der Waals surface area contributed by atoms with Crippen molar-refractivity contribution in [2.24, 2.45) is 0 Å². The fourth-order valence-corrected chi connectivity index (χ4v) is 2.08. The number of nitrogens with one attached hydrogen (secondary N) is 1. The molecule has 1 aromatic heterocycles. The Morgan fingerprint density at radius 3 is 2.61 bits per heavy atom. The summed E-state index contributed by atoms with van der Waals surface area (Å²) in [5, 5.41) is 0. The normalized spacial score (nSPS) is 10.8. The van der Waals surface area contributed by atoms with Crippen LogP contribution in [0.2, 0.25) is 0 Å². The molecule has 5 heteroatoms. The first-order chi connectivity index (χ1) is 8.67. The minimum Gasteiger partial charge on any atom is -0.342 e. The van der Waals surface area contributed by atoms with Gasteiger partial charge in [-0.15, -0.1) is 0 Å². The van der Waals surface area contributed by atoms with Crippen molar-refractivity contribution >= 4 is 16.9 Å². The van der Waals surface area contributed by atoms with Gasteiger partial charge in [0, 0.05) is 13.1 Å². The fourth-order valence-electron chi connectivity index (χ4n) is 2.08. The van der Waals surface area contributed by atoms with Crippen LogP contribution < -0.4 is 5.69 Å². The zero-order chi connectivity index (χ0) is 13.1. The summed E-state index contributed by atoms with van der Waals surface area (Å²) in [5.41, 5.74) is 1.29. The molecule has 1 aromatic carbocycles. The minimum absolute atomic E-state index is 0.0353. The number of para-hydroxylation sites is 2. The molecule has 18 heavy (non-hydrogen) atoms. The van der Waals surface area contributed by atoms with Gasteiger partial charge < -0.3 is 9.88 Å². The van der Waals surface area contributed by atoms with Crippen molar-refractivity contribution in [2.75, 3.05) is 13.1 Å². The number of aromatic amines is 1. The van der Waals surface area contributed by atoms with Gasteiger partial charge in [0.2, 0.25) is 5.91 Å². The Balaban J connectivity index is 2.34. The molecule has 2 rings (SSSR count). The molecule has 0 radical (unpaired) electrons. The number of H-pyrrole nitrogens is 1. The third kappa shape index (κ3) is 2.16. The van der Waals surface area contributed by atoms with Crippen molar-refractivity contribution in [1.82, 2.24) is 14.5 Å². The Bertz CT molecular complexity index is 608. The molecule has 0 atom stereocenters. The molecular formula is C13H17N3O2. The van der Waals surface area contributed by atoms with Crippen LogP contribution in [-0.4, -0.2) is 33.4 Å². The largest absolute Gasteiger partial charge is 0.342 e. The smallest absolute Gasteiger partial charge is 0.326 e. The molecule has 1 N–H and O–H groups in total. The Kier molecular flexibility index (Phi) is 3.50. The van der Waals surface area contributed by atoms with Crippen LogP contribution >= 0.6 is 0 Å². The molecule has 1 amide bonds. The van der Waals surface area contributed by atoms with Gasteiger partial charge in [0.1, 0.15) is 6.54 Å². The Morgan fingerprint density at radius 2 is 1.94 bits per heavy atom. The van der Waals surface area contributed by atoms with Gasteiger partial charge in [-0.25, -0.2) is 4.79 Å². The molecule has 0 aliphatic rings. The van der Waals surface area contributed by atoms with Gasteiger partial charge >= 0.3 is 5.69 Å². The first kappa shape index (κ1) is 12.4. The van der Waals surface area contributed by atoms with E-state index in [-0.39, 0.29) is 18.1 Å². The van der Waals surface area contributed by atoms with Crippen LogP contribution in [0.1, 0.15) is 13.8 Å². The maximum Gasteiger partial charge on any atom is 0.326 e. The van der Waals surface area contributed by atoms with Gasteiger partial charge in [0.15, 0.2) is 0 Å². The van der Waals surface area contributed by atoms with Crippen LogP contribution in [0.3, 0.4) is 0 Å². The molecule has 0 unspecified atom stereocenters. The van der Waals surface area contributed by atoms with E-state index in [0.29, 0.717) is 13.1 Å². The van der Waals surface area contributed by atoms with E-state index in [1.54, 1.807) is 4.90 Å². The maximum absolute atomic E-state index is 12.0. The maximum atomic E-state index is 12.0. The van der Waals surface area contributed by atoms with Gasteiger partial charge in [0.25, 0.3) is 0 Å². The quantitative estimate of drug-likeness (QED) is 0.882. The van der Waals surface area contributed by atoms with Gasteiger partial charge in [-0.2, -0.15) is 0 Å². The van der Waals surface area contributed by atoms with Crippen molar-refractivity contribution in [1.29, 1.82) is 0 Å². The van der Waals surface area contributed by atoms with E-state index in [1.807, 2.05) is 38.1 Å². The number of likely N-dealkylation sites (N-methyl/N-ethyl adjacent to an activating group) is 1. The van der Waals surface area contributed by atoms with Crippen LogP contribution in [0.15, 0.2) is 29.1 Å². The van der Waals surface area contributed by atoms with Crippen molar-refractivity contribution in [3.05, 3.63) is 34.7 Å². The molecule has 0 aliphatic heterocycles. The van der Waals surface area contributed by atoms with E-state index in [9.17, 15) is 9.59 Å². The second kappa shape index (κ2) is 5.08. The van der Waals surface area contributed by atoms with Crippen molar-refractivity contribution in [3.8, 4) is 0 Å². The van der Waals surface area contributed by atoms with Gasteiger partial charge in [-0.3, -0.25) is 9.36 Å². The summed E-state index contributed by atoms with van der Waals surface area (Å²) >= 11 is 0. The molecule has 0 spiro atoms. The van der Waals surface area contributed by atoms with Crippen LogP contribution in [0, 0.1) is 0 Å². The number of nitrogens with zero attached hydrogens (tertiary/aromatic N) is 2. The predicted molar refractivity (Wildman–Crippen MR) is 70.5 cm³/mol. The second-order valence-corrected chi connectivity index (χ2v) is 4.10. The number of imidazole rings is 1. The van der Waals surface area contributed by atoms with Gasteiger partial charge in [0.05, 0.1) is 11.0 Å². The standard InChI is InChI=1S/C13H17N3O2/c1-3-15(4-2)12(17)9-16-11-8-6-5-7-10(11)14-13(16)18/h5-8H,3-4,9H2,1-2H3,(H,14,18). The fraction of sp³-hybridized carbons (Fsp3) is 0.385. The molecule has 2 aromatic rings. The number of hydrogen-bond donors (Lipinski definition) is 1. The topological polar surface area (TPSA) is 58.1 Å². The van der Waals surface area contributed by atoms with E-state index >= 15 is 0 Å². The summed E-state index contributed by atoms with van der Waals surface area (Å²) in [4.78, 5) is 28.3. The number of rotatable bonds is 4. The summed E-state index contributed by atoms with van der Waals surface area (Å²) in [6.45, 7) is 5.27. The number of aromatic nitrogens is 2. The molecular weight excluding hydrogens is 230 g/mol. The van der Waals surface area contributed by atoms with Gasteiger partial charge in [-0.1, -0.05) is 12.1 Å². The number of fused-ring (bicyclic) bond motifs is 1. The zero-order valence-corrected chi connectivity index (χ0v) is 10.6. The lowest BCUT2D eigenvalue weighted by Gasteiger charge is -2.18. The van der Waals surface area contributed by atoms with E-state index in [2.05, 4.69) is 4.98 Å². The first-order valence-electron chi connectivity index (χ1n) is 6.12. The molecule has 1 heterocycles. The summed E-state index contributed by atoms with van der Waals surface area (Å²) in [5.74, 6) is -0.0353. The van der Waals surface area contributed by atoms with E-state index < -0.39 is 0 Å². The number of benzene rings is 1. The SMILES string of the molecule is CCN(CC)C(=O)Cn1c(=O)[nH]c2ccccc21. The third-order valence-corrected chi connectivity index (χ3v) is 3.09. The lowest BCUT2D eigenvalue weighted by molar-refractivity contribution is -0.131. The monoisotopic (exact) mass is 247 g/mol. The van der Waals surface area contributed by atoms with Crippen LogP contribution in [-0.2, 0) is 11.3 Å². The molecule has 0 bridgehead atoms. The second-order valence-electron chi connectivity index (χ2n) is 4.10. The van der Waals surface area contributed by atoms with Crippen molar-refractivity contribution in [3.63, 3.8) is 0 Å². The predicted octanol–water partition coefficient (Wildman–Crippen LogP) is 1.20. The summed E-state index contributed by atoms with van der Waals surface area (Å²) in [6.07, 6.45) is 0. The molecule has 96 valence electrons. The van der Waals surface area contributed by atoms with E-state index in [0.717, 1.165) is 11.0 Å². The Hall–Kier alpha value is -2.04. The van der Waals surface area contributed by atoms with Crippen LogP contribution in [0.4, 0.5) is 0 Å². The third-order valence-electron chi connectivity index (χ3n) is 3.09. The zero-order valence-electron chi connectivity index (χ0n) is 10.6. The van der Waals surface area contributed by atoms with E-state index in [4.69, 9.17) is 0 Å². The summed E-state index contributed by atoms with van der Waals surface area (Å²) in [6, 6.07) is 7.38.